The Morgan fingerprint density at radius 1 is 1.14 bits per heavy atom. The molecule has 2 aromatic rings. The average molecular weight is 295 g/mol. The van der Waals surface area contributed by atoms with Crippen molar-refractivity contribution in [3.8, 4) is 0 Å². The summed E-state index contributed by atoms with van der Waals surface area (Å²) < 4.78 is 0. The highest BCUT2D eigenvalue weighted by atomic mass is 16.2. The van der Waals surface area contributed by atoms with Gasteiger partial charge < -0.3 is 4.90 Å². The summed E-state index contributed by atoms with van der Waals surface area (Å²) in [4.78, 5) is 31.5. The first kappa shape index (κ1) is 13.3. The SMILES string of the molecule is O=C(c1cnc(C2CC2)nc1)N1CCC[C@H]1c1ccncn1. The minimum atomic E-state index is -0.0107. The maximum absolute atomic E-state index is 12.7. The lowest BCUT2D eigenvalue weighted by Gasteiger charge is -2.24. The Kier molecular flexibility index (Phi) is 3.29. The van der Waals surface area contributed by atoms with Crippen molar-refractivity contribution in [3.63, 3.8) is 0 Å². The van der Waals surface area contributed by atoms with E-state index in [1.54, 1.807) is 18.6 Å². The van der Waals surface area contributed by atoms with Crippen molar-refractivity contribution in [2.24, 2.45) is 0 Å². The lowest BCUT2D eigenvalue weighted by molar-refractivity contribution is 0.0732. The number of carbonyl (C=O) groups excluding carboxylic acids is 1. The van der Waals surface area contributed by atoms with Gasteiger partial charge in [-0.15, -0.1) is 0 Å². The molecule has 2 aromatic heterocycles. The number of aromatic nitrogens is 4. The van der Waals surface area contributed by atoms with Crippen LogP contribution >= 0.6 is 0 Å². The van der Waals surface area contributed by atoms with E-state index >= 15 is 0 Å². The third-order valence-corrected chi connectivity index (χ3v) is 4.32. The summed E-state index contributed by atoms with van der Waals surface area (Å²) in [5.41, 5.74) is 1.46. The van der Waals surface area contributed by atoms with Crippen LogP contribution < -0.4 is 0 Å². The van der Waals surface area contributed by atoms with Crippen LogP contribution in [0.4, 0.5) is 0 Å². The first-order valence-electron chi connectivity index (χ1n) is 7.72. The van der Waals surface area contributed by atoms with Crippen molar-refractivity contribution in [3.05, 3.63) is 48.1 Å². The second kappa shape index (κ2) is 5.44. The molecular formula is C16H17N5O. The zero-order valence-corrected chi connectivity index (χ0v) is 12.2. The number of nitrogens with zero attached hydrogens (tertiary/aromatic N) is 5. The van der Waals surface area contributed by atoms with Gasteiger partial charge in [-0.3, -0.25) is 4.79 Å². The van der Waals surface area contributed by atoms with Crippen LogP contribution in [0.15, 0.2) is 31.0 Å². The molecule has 0 aromatic carbocycles. The second-order valence-corrected chi connectivity index (χ2v) is 5.90. The summed E-state index contributed by atoms with van der Waals surface area (Å²) in [6.45, 7) is 0.748. The van der Waals surface area contributed by atoms with Gasteiger partial charge in [0.2, 0.25) is 0 Å². The van der Waals surface area contributed by atoms with Gasteiger partial charge in [-0.25, -0.2) is 19.9 Å². The Hall–Kier alpha value is -2.37. The molecule has 1 saturated heterocycles. The van der Waals surface area contributed by atoms with Crippen molar-refractivity contribution in [1.29, 1.82) is 0 Å². The molecule has 22 heavy (non-hydrogen) atoms. The molecule has 3 heterocycles. The number of carbonyl (C=O) groups is 1. The summed E-state index contributed by atoms with van der Waals surface area (Å²) in [6.07, 6.45) is 10.8. The Balaban J connectivity index is 1.55. The van der Waals surface area contributed by atoms with Crippen LogP contribution in [-0.4, -0.2) is 37.3 Å². The van der Waals surface area contributed by atoms with Gasteiger partial charge in [0.25, 0.3) is 5.91 Å². The summed E-state index contributed by atoms with van der Waals surface area (Å²) in [5.74, 6) is 1.36. The van der Waals surface area contributed by atoms with Crippen LogP contribution in [0, 0.1) is 0 Å². The standard InChI is InChI=1S/C16H17N5O/c22-16(12-8-18-15(19-9-12)11-3-4-11)21-7-1-2-14(21)13-5-6-17-10-20-13/h5-6,8-11,14H,1-4,7H2/t14-/m0/s1. The van der Waals surface area contributed by atoms with Crippen LogP contribution in [0.1, 0.15) is 59.5 Å². The number of hydrogen-bond donors (Lipinski definition) is 0. The fourth-order valence-corrected chi connectivity index (χ4v) is 2.98. The lowest BCUT2D eigenvalue weighted by atomic mass is 10.1. The molecule has 1 aliphatic carbocycles. The maximum atomic E-state index is 12.7. The molecule has 1 saturated carbocycles. The topological polar surface area (TPSA) is 71.9 Å². The molecule has 2 aliphatic rings. The van der Waals surface area contributed by atoms with Gasteiger partial charge in [0.1, 0.15) is 12.2 Å². The number of hydrogen-bond acceptors (Lipinski definition) is 5. The van der Waals surface area contributed by atoms with E-state index in [1.807, 2.05) is 11.0 Å². The maximum Gasteiger partial charge on any atom is 0.257 e. The molecule has 1 aliphatic heterocycles. The van der Waals surface area contributed by atoms with Gasteiger partial charge in [0, 0.05) is 31.1 Å². The molecule has 0 spiro atoms. The van der Waals surface area contributed by atoms with Crippen LogP contribution in [0.3, 0.4) is 0 Å². The molecule has 0 unspecified atom stereocenters. The Morgan fingerprint density at radius 3 is 2.64 bits per heavy atom. The van der Waals surface area contributed by atoms with Gasteiger partial charge >= 0.3 is 0 Å². The zero-order chi connectivity index (χ0) is 14.9. The normalized spacial score (nSPS) is 21.1. The quantitative estimate of drug-likeness (QED) is 0.867. The monoisotopic (exact) mass is 295 g/mol. The fraction of sp³-hybridized carbons (Fsp3) is 0.438. The molecule has 6 heteroatoms. The van der Waals surface area contributed by atoms with Crippen molar-refractivity contribution < 1.29 is 4.79 Å². The molecular weight excluding hydrogens is 278 g/mol. The highest BCUT2D eigenvalue weighted by molar-refractivity contribution is 5.94. The Bertz CT molecular complexity index is 669. The minimum Gasteiger partial charge on any atom is -0.330 e. The molecule has 112 valence electrons. The first-order valence-corrected chi connectivity index (χ1v) is 7.72. The fourth-order valence-electron chi connectivity index (χ4n) is 2.98. The van der Waals surface area contributed by atoms with Gasteiger partial charge in [0.05, 0.1) is 17.3 Å². The number of likely N-dealkylation sites (tertiary alicyclic amines) is 1. The van der Waals surface area contributed by atoms with Crippen LogP contribution in [0.2, 0.25) is 0 Å². The van der Waals surface area contributed by atoms with Crippen LogP contribution in [0.5, 0.6) is 0 Å². The van der Waals surface area contributed by atoms with E-state index in [9.17, 15) is 4.79 Å². The lowest BCUT2D eigenvalue weighted by Crippen LogP contribution is -2.31. The van der Waals surface area contributed by atoms with E-state index in [0.717, 1.165) is 43.7 Å². The third kappa shape index (κ3) is 2.45. The molecule has 0 N–H and O–H groups in total. The third-order valence-electron chi connectivity index (χ3n) is 4.32. The van der Waals surface area contributed by atoms with E-state index in [2.05, 4.69) is 19.9 Å². The van der Waals surface area contributed by atoms with Crippen LogP contribution in [-0.2, 0) is 0 Å². The zero-order valence-electron chi connectivity index (χ0n) is 12.2. The van der Waals surface area contributed by atoms with Crippen molar-refractivity contribution in [2.75, 3.05) is 6.54 Å². The predicted octanol–water partition coefficient (Wildman–Crippen LogP) is 2.12. The van der Waals surface area contributed by atoms with E-state index < -0.39 is 0 Å². The molecule has 1 amide bonds. The minimum absolute atomic E-state index is 0.0107. The van der Waals surface area contributed by atoms with Crippen molar-refractivity contribution >= 4 is 5.91 Å². The van der Waals surface area contributed by atoms with Crippen LogP contribution in [0.25, 0.3) is 0 Å². The highest BCUT2D eigenvalue weighted by Gasteiger charge is 2.32. The van der Waals surface area contributed by atoms with Crippen molar-refractivity contribution in [2.45, 2.75) is 37.6 Å². The molecule has 0 radical (unpaired) electrons. The molecule has 6 nitrogen and oxygen atoms in total. The van der Waals surface area contributed by atoms with Gasteiger partial charge in [-0.2, -0.15) is 0 Å². The van der Waals surface area contributed by atoms with E-state index in [1.165, 1.54) is 6.33 Å². The first-order chi connectivity index (χ1) is 10.8. The molecule has 2 fully saturated rings. The molecule has 4 rings (SSSR count). The highest BCUT2D eigenvalue weighted by Crippen LogP contribution is 2.37. The smallest absolute Gasteiger partial charge is 0.257 e. The Labute approximate surface area is 128 Å². The number of rotatable bonds is 3. The van der Waals surface area contributed by atoms with E-state index in [0.29, 0.717) is 11.5 Å². The summed E-state index contributed by atoms with van der Waals surface area (Å²) in [6, 6.07) is 1.90. The van der Waals surface area contributed by atoms with Crippen molar-refractivity contribution in [1.82, 2.24) is 24.8 Å². The predicted molar refractivity (Wildman–Crippen MR) is 79.1 cm³/mol. The molecule has 1 atom stereocenters. The number of amides is 1. The largest absolute Gasteiger partial charge is 0.330 e. The van der Waals surface area contributed by atoms with Gasteiger partial charge in [-0.1, -0.05) is 0 Å². The summed E-state index contributed by atoms with van der Waals surface area (Å²) in [5, 5.41) is 0. The van der Waals surface area contributed by atoms with E-state index in [-0.39, 0.29) is 11.9 Å². The van der Waals surface area contributed by atoms with Gasteiger partial charge in [0.15, 0.2) is 0 Å². The summed E-state index contributed by atoms with van der Waals surface area (Å²) >= 11 is 0. The Morgan fingerprint density at radius 2 is 1.95 bits per heavy atom. The average Bonchev–Trinajstić information content (AvgIpc) is 3.32. The van der Waals surface area contributed by atoms with Gasteiger partial charge in [-0.05, 0) is 31.7 Å². The summed E-state index contributed by atoms with van der Waals surface area (Å²) in [7, 11) is 0. The van der Waals surface area contributed by atoms with E-state index in [4.69, 9.17) is 0 Å². The second-order valence-electron chi connectivity index (χ2n) is 5.90. The molecule has 0 bridgehead atoms.